The highest BCUT2D eigenvalue weighted by Gasteiger charge is 2.03. The first kappa shape index (κ1) is 15.5. The summed E-state index contributed by atoms with van der Waals surface area (Å²) in [6.07, 6.45) is 1.05. The van der Waals surface area contributed by atoms with E-state index in [0.717, 1.165) is 18.1 Å². The predicted octanol–water partition coefficient (Wildman–Crippen LogP) is 6.14. The van der Waals surface area contributed by atoms with Gasteiger partial charge in [0.2, 0.25) is 0 Å². The molecule has 0 N–H and O–H groups in total. The van der Waals surface area contributed by atoms with Gasteiger partial charge in [-0.2, -0.15) is 0 Å². The Labute approximate surface area is 134 Å². The van der Waals surface area contributed by atoms with Crippen LogP contribution in [-0.2, 0) is 0 Å². The highest BCUT2D eigenvalue weighted by Crippen LogP contribution is 2.31. The van der Waals surface area contributed by atoms with Crippen molar-refractivity contribution in [2.45, 2.75) is 11.3 Å². The van der Waals surface area contributed by atoms with Crippen molar-refractivity contribution in [1.29, 1.82) is 0 Å². The molecule has 0 aliphatic carbocycles. The van der Waals surface area contributed by atoms with Crippen molar-refractivity contribution >= 4 is 57.3 Å². The highest BCUT2D eigenvalue weighted by molar-refractivity contribution is 7.99. The Bertz CT molecular complexity index is 709. The van der Waals surface area contributed by atoms with Crippen molar-refractivity contribution in [1.82, 2.24) is 0 Å². The summed E-state index contributed by atoms with van der Waals surface area (Å²) < 4.78 is 0. The van der Waals surface area contributed by atoms with Crippen molar-refractivity contribution < 1.29 is 0 Å². The summed E-state index contributed by atoms with van der Waals surface area (Å²) in [5.41, 5.74) is 0. The Kier molecular flexibility index (Phi) is 5.59. The summed E-state index contributed by atoms with van der Waals surface area (Å²) in [7, 11) is 0. The van der Waals surface area contributed by atoms with E-state index in [1.54, 1.807) is 0 Å². The van der Waals surface area contributed by atoms with Gasteiger partial charge in [-0.3, -0.25) is 0 Å². The summed E-state index contributed by atoms with van der Waals surface area (Å²) in [5, 5.41) is 5.27. The van der Waals surface area contributed by atoms with Gasteiger partial charge in [-0.25, -0.2) is 0 Å². The number of fused-ring (bicyclic) bond motifs is 2. The highest BCUT2D eigenvalue weighted by atomic mass is 35.5. The maximum absolute atomic E-state index is 5.75. The number of alkyl halides is 1. The zero-order valence-corrected chi connectivity index (χ0v) is 13.4. The Morgan fingerprint density at radius 1 is 0.850 bits per heavy atom. The van der Waals surface area contributed by atoms with Crippen LogP contribution in [-0.4, -0.2) is 11.6 Å². The third kappa shape index (κ3) is 3.22. The second kappa shape index (κ2) is 7.21. The first-order valence-electron chi connectivity index (χ1n) is 6.49. The fourth-order valence-corrected chi connectivity index (χ4v) is 3.61. The van der Waals surface area contributed by atoms with Crippen LogP contribution in [0.25, 0.3) is 21.5 Å². The molecule has 3 rings (SSSR count). The van der Waals surface area contributed by atoms with E-state index in [1.807, 2.05) is 11.8 Å². The monoisotopic (exact) mass is 322 g/mol. The van der Waals surface area contributed by atoms with E-state index >= 15 is 0 Å². The van der Waals surface area contributed by atoms with Gasteiger partial charge >= 0.3 is 0 Å². The van der Waals surface area contributed by atoms with Crippen LogP contribution < -0.4 is 0 Å². The van der Waals surface area contributed by atoms with Gasteiger partial charge in [0.25, 0.3) is 0 Å². The third-order valence-electron chi connectivity index (χ3n) is 3.24. The third-order valence-corrected chi connectivity index (χ3v) is 4.67. The zero-order valence-electron chi connectivity index (χ0n) is 11.0. The molecule has 0 radical (unpaired) electrons. The Morgan fingerprint density at radius 3 is 2.30 bits per heavy atom. The summed E-state index contributed by atoms with van der Waals surface area (Å²) in [6.45, 7) is 0. The topological polar surface area (TPSA) is 0 Å². The molecule has 3 heteroatoms. The van der Waals surface area contributed by atoms with Crippen molar-refractivity contribution in [3.8, 4) is 0 Å². The van der Waals surface area contributed by atoms with Crippen LogP contribution in [0.3, 0.4) is 0 Å². The molecule has 0 bridgehead atoms. The van der Waals surface area contributed by atoms with Gasteiger partial charge in [0.05, 0.1) is 0 Å². The first-order chi connectivity index (χ1) is 9.38. The summed E-state index contributed by atoms with van der Waals surface area (Å²) >= 11 is 7.65. The maximum atomic E-state index is 5.75. The second-order valence-electron chi connectivity index (χ2n) is 4.57. The molecule has 0 heterocycles. The molecule has 0 atom stereocenters. The minimum atomic E-state index is 0. The lowest BCUT2D eigenvalue weighted by atomic mass is 10.0. The normalized spacial score (nSPS) is 10.7. The van der Waals surface area contributed by atoms with Gasteiger partial charge in [0.1, 0.15) is 0 Å². The molecule has 104 valence electrons. The fraction of sp³-hybridized carbons (Fsp3) is 0.176. The molecule has 0 aliphatic rings. The number of hydrogen-bond acceptors (Lipinski definition) is 1. The maximum Gasteiger partial charge on any atom is 0.0231 e. The van der Waals surface area contributed by atoms with Crippen LogP contribution in [0.5, 0.6) is 0 Å². The summed E-state index contributed by atoms with van der Waals surface area (Å²) in [6, 6.07) is 19.6. The quantitative estimate of drug-likeness (QED) is 0.241. The SMILES string of the molecule is Cl.ClCCCSc1cccc2cc3ccccc3cc12. The number of halogens is 2. The average molecular weight is 323 g/mol. The van der Waals surface area contributed by atoms with Crippen LogP contribution >= 0.6 is 35.8 Å². The van der Waals surface area contributed by atoms with Crippen LogP contribution in [0.2, 0.25) is 0 Å². The minimum absolute atomic E-state index is 0. The van der Waals surface area contributed by atoms with E-state index < -0.39 is 0 Å². The van der Waals surface area contributed by atoms with Crippen molar-refractivity contribution in [2.24, 2.45) is 0 Å². The summed E-state index contributed by atoms with van der Waals surface area (Å²) in [4.78, 5) is 1.35. The molecule has 0 spiro atoms. The molecule has 0 amide bonds. The van der Waals surface area contributed by atoms with Crippen LogP contribution in [0.15, 0.2) is 59.5 Å². The molecule has 0 nitrogen and oxygen atoms in total. The number of benzene rings is 3. The van der Waals surface area contributed by atoms with Crippen molar-refractivity contribution in [2.75, 3.05) is 11.6 Å². The molecule has 0 saturated carbocycles. The number of rotatable bonds is 4. The van der Waals surface area contributed by atoms with Crippen LogP contribution in [0.1, 0.15) is 6.42 Å². The fourth-order valence-electron chi connectivity index (χ4n) is 2.30. The smallest absolute Gasteiger partial charge is 0.0231 e. The van der Waals surface area contributed by atoms with Gasteiger partial charge < -0.3 is 0 Å². The average Bonchev–Trinajstić information content (AvgIpc) is 2.46. The molecule has 3 aromatic carbocycles. The molecule has 0 aromatic heterocycles. The molecule has 3 aromatic rings. The van der Waals surface area contributed by atoms with E-state index in [1.165, 1.54) is 26.4 Å². The Balaban J connectivity index is 0.00000147. The Morgan fingerprint density at radius 2 is 1.55 bits per heavy atom. The standard InChI is InChI=1S/C17H15ClS.ClH/c18-9-4-10-19-17-8-3-7-15-11-13-5-1-2-6-14(13)12-16(15)17;/h1-3,5-8,11-12H,4,9-10H2;1H. The van der Waals surface area contributed by atoms with Gasteiger partial charge in [0.15, 0.2) is 0 Å². The van der Waals surface area contributed by atoms with E-state index in [4.69, 9.17) is 11.6 Å². The minimum Gasteiger partial charge on any atom is -0.147 e. The van der Waals surface area contributed by atoms with E-state index in [-0.39, 0.29) is 12.4 Å². The number of thioether (sulfide) groups is 1. The molecule has 0 unspecified atom stereocenters. The van der Waals surface area contributed by atoms with Gasteiger partial charge in [-0.15, -0.1) is 35.8 Å². The molecular formula is C17H16Cl2S. The van der Waals surface area contributed by atoms with Crippen LogP contribution in [0, 0.1) is 0 Å². The largest absolute Gasteiger partial charge is 0.147 e. The molecule has 20 heavy (non-hydrogen) atoms. The number of hydrogen-bond donors (Lipinski definition) is 0. The first-order valence-corrected chi connectivity index (χ1v) is 8.01. The lowest BCUT2D eigenvalue weighted by molar-refractivity contribution is 1.12. The van der Waals surface area contributed by atoms with Crippen LogP contribution in [0.4, 0.5) is 0 Å². The predicted molar refractivity (Wildman–Crippen MR) is 94.8 cm³/mol. The lowest BCUT2D eigenvalue weighted by Gasteiger charge is -2.07. The second-order valence-corrected chi connectivity index (χ2v) is 6.08. The lowest BCUT2D eigenvalue weighted by Crippen LogP contribution is -1.83. The van der Waals surface area contributed by atoms with E-state index in [0.29, 0.717) is 0 Å². The molecule has 0 fully saturated rings. The van der Waals surface area contributed by atoms with E-state index in [2.05, 4.69) is 54.6 Å². The molecule has 0 saturated heterocycles. The molecular weight excluding hydrogens is 307 g/mol. The summed E-state index contributed by atoms with van der Waals surface area (Å²) in [5.74, 6) is 1.82. The van der Waals surface area contributed by atoms with Crippen molar-refractivity contribution in [3.05, 3.63) is 54.6 Å². The van der Waals surface area contributed by atoms with Gasteiger partial charge in [-0.05, 0) is 51.9 Å². The Hall–Kier alpha value is -0.890. The van der Waals surface area contributed by atoms with E-state index in [9.17, 15) is 0 Å². The molecule has 0 aliphatic heterocycles. The van der Waals surface area contributed by atoms with Gasteiger partial charge in [-0.1, -0.05) is 36.4 Å². The van der Waals surface area contributed by atoms with Crippen molar-refractivity contribution in [3.63, 3.8) is 0 Å². The zero-order chi connectivity index (χ0) is 13.1. The van der Waals surface area contributed by atoms with Gasteiger partial charge in [0, 0.05) is 10.8 Å².